The quantitative estimate of drug-likeness (QED) is 0.450. The number of fused-ring (bicyclic) bond motifs is 3. The van der Waals surface area contributed by atoms with Gasteiger partial charge in [-0.2, -0.15) is 0 Å². The SMILES string of the molecule is COc1ccccc1NC(=O)Cn1c(=O)n(-c2ccccc2)c(=O)c2c3c(sc21)CN(C(C)=O)CC3. The summed E-state index contributed by atoms with van der Waals surface area (Å²) in [6.45, 7) is 2.08. The third-order valence-electron chi connectivity index (χ3n) is 6.27. The van der Waals surface area contributed by atoms with Crippen molar-refractivity contribution in [1.82, 2.24) is 14.0 Å². The summed E-state index contributed by atoms with van der Waals surface area (Å²) in [6, 6.07) is 15.7. The number of carbonyl (C=O) groups is 2. The van der Waals surface area contributed by atoms with Crippen molar-refractivity contribution in [3.63, 3.8) is 0 Å². The van der Waals surface area contributed by atoms with Crippen LogP contribution in [0.5, 0.6) is 5.75 Å². The van der Waals surface area contributed by atoms with E-state index >= 15 is 0 Å². The van der Waals surface area contributed by atoms with Crippen LogP contribution >= 0.6 is 11.3 Å². The first kappa shape index (κ1) is 23.6. The van der Waals surface area contributed by atoms with Crippen LogP contribution in [0.2, 0.25) is 0 Å². The van der Waals surface area contributed by atoms with Crippen LogP contribution in [0, 0.1) is 0 Å². The van der Waals surface area contributed by atoms with Crippen molar-refractivity contribution in [2.75, 3.05) is 19.0 Å². The fourth-order valence-electron chi connectivity index (χ4n) is 4.50. The van der Waals surface area contributed by atoms with E-state index in [0.717, 1.165) is 15.0 Å². The molecule has 0 saturated carbocycles. The minimum absolute atomic E-state index is 0.0478. The Kier molecular flexibility index (Phi) is 6.19. The molecule has 0 radical (unpaired) electrons. The molecule has 0 atom stereocenters. The van der Waals surface area contributed by atoms with Gasteiger partial charge in [0.1, 0.15) is 17.1 Å². The Hall–Kier alpha value is -4.18. The van der Waals surface area contributed by atoms with E-state index in [0.29, 0.717) is 46.9 Å². The van der Waals surface area contributed by atoms with Gasteiger partial charge in [0.2, 0.25) is 11.8 Å². The van der Waals surface area contributed by atoms with Crippen molar-refractivity contribution >= 4 is 39.1 Å². The van der Waals surface area contributed by atoms with Gasteiger partial charge < -0.3 is 15.0 Å². The van der Waals surface area contributed by atoms with E-state index in [4.69, 9.17) is 4.74 Å². The van der Waals surface area contributed by atoms with Crippen LogP contribution < -0.4 is 21.3 Å². The summed E-state index contributed by atoms with van der Waals surface area (Å²) in [5.74, 6) is 0.0137. The number of nitrogens with zero attached hydrogens (tertiary/aromatic N) is 3. The Morgan fingerprint density at radius 3 is 2.50 bits per heavy atom. The number of rotatable bonds is 5. The topological polar surface area (TPSA) is 103 Å². The molecule has 0 saturated heterocycles. The fraction of sp³-hybridized carbons (Fsp3) is 0.231. The minimum Gasteiger partial charge on any atom is -0.495 e. The number of carbonyl (C=O) groups excluding carboxylic acids is 2. The number of aromatic nitrogens is 2. The van der Waals surface area contributed by atoms with Gasteiger partial charge in [0.15, 0.2) is 0 Å². The molecule has 9 nitrogen and oxygen atoms in total. The lowest BCUT2D eigenvalue weighted by Crippen LogP contribution is -2.41. The van der Waals surface area contributed by atoms with Gasteiger partial charge in [0.05, 0.1) is 30.4 Å². The summed E-state index contributed by atoms with van der Waals surface area (Å²) < 4.78 is 7.77. The first-order valence-corrected chi connectivity index (χ1v) is 12.2. The summed E-state index contributed by atoms with van der Waals surface area (Å²) in [7, 11) is 1.51. The number of thiophene rings is 1. The molecule has 0 unspecified atom stereocenters. The first-order chi connectivity index (χ1) is 17.4. The molecule has 2 aromatic heterocycles. The Morgan fingerprint density at radius 1 is 1.06 bits per heavy atom. The van der Waals surface area contributed by atoms with Gasteiger partial charge in [-0.3, -0.25) is 19.0 Å². The minimum atomic E-state index is -0.601. The Morgan fingerprint density at radius 2 is 1.78 bits per heavy atom. The van der Waals surface area contributed by atoms with Crippen LogP contribution in [0.15, 0.2) is 64.2 Å². The molecule has 1 aliphatic rings. The van der Waals surface area contributed by atoms with Crippen LogP contribution in [0.4, 0.5) is 5.69 Å². The van der Waals surface area contributed by atoms with E-state index in [9.17, 15) is 19.2 Å². The molecular formula is C26H24N4O5S. The second kappa shape index (κ2) is 9.46. The second-order valence-corrected chi connectivity index (χ2v) is 9.55. The lowest BCUT2D eigenvalue weighted by atomic mass is 10.1. The molecule has 1 N–H and O–H groups in total. The Labute approximate surface area is 210 Å². The van der Waals surface area contributed by atoms with Gasteiger partial charge in [-0.25, -0.2) is 9.36 Å². The van der Waals surface area contributed by atoms with Crippen molar-refractivity contribution in [2.24, 2.45) is 0 Å². The molecule has 10 heteroatoms. The third-order valence-corrected chi connectivity index (χ3v) is 7.50. The van der Waals surface area contributed by atoms with Crippen molar-refractivity contribution in [3.05, 3.63) is 85.9 Å². The highest BCUT2D eigenvalue weighted by atomic mass is 32.1. The van der Waals surface area contributed by atoms with Crippen LogP contribution in [0.1, 0.15) is 17.4 Å². The molecule has 0 aliphatic carbocycles. The highest BCUT2D eigenvalue weighted by Gasteiger charge is 2.28. The number of nitrogens with one attached hydrogen (secondary N) is 1. The zero-order chi connectivity index (χ0) is 25.4. The normalized spacial score (nSPS) is 12.9. The number of para-hydroxylation sites is 3. The van der Waals surface area contributed by atoms with E-state index in [1.165, 1.54) is 29.9 Å². The molecule has 0 spiro atoms. The molecule has 5 rings (SSSR count). The fourth-order valence-corrected chi connectivity index (χ4v) is 5.85. The average Bonchev–Trinajstić information content (AvgIpc) is 3.26. The standard InChI is InChI=1S/C26H24N4O5S/c1-16(31)28-13-12-18-21(14-28)36-25-23(18)24(33)30(17-8-4-3-5-9-17)26(34)29(25)15-22(32)27-19-10-6-7-11-20(19)35-2/h3-11H,12-15H2,1-2H3,(H,27,32). The summed E-state index contributed by atoms with van der Waals surface area (Å²) in [6.07, 6.45) is 0.505. The maximum Gasteiger partial charge on any atom is 0.337 e. The lowest BCUT2D eigenvalue weighted by Gasteiger charge is -2.25. The van der Waals surface area contributed by atoms with Crippen molar-refractivity contribution in [1.29, 1.82) is 0 Å². The lowest BCUT2D eigenvalue weighted by molar-refractivity contribution is -0.129. The second-order valence-electron chi connectivity index (χ2n) is 8.47. The summed E-state index contributed by atoms with van der Waals surface area (Å²) in [5.41, 5.74) is 0.719. The first-order valence-electron chi connectivity index (χ1n) is 11.4. The van der Waals surface area contributed by atoms with Gasteiger partial charge >= 0.3 is 5.69 Å². The third kappa shape index (κ3) is 4.09. The van der Waals surface area contributed by atoms with Gasteiger partial charge in [-0.15, -0.1) is 11.3 Å². The molecule has 1 aliphatic heterocycles. The molecular weight excluding hydrogens is 480 g/mol. The molecule has 36 heavy (non-hydrogen) atoms. The largest absolute Gasteiger partial charge is 0.495 e. The monoisotopic (exact) mass is 504 g/mol. The maximum absolute atomic E-state index is 13.7. The zero-order valence-electron chi connectivity index (χ0n) is 19.8. The highest BCUT2D eigenvalue weighted by Crippen LogP contribution is 2.33. The zero-order valence-corrected chi connectivity index (χ0v) is 20.6. The van der Waals surface area contributed by atoms with Gasteiger partial charge in [0, 0.05) is 18.3 Å². The van der Waals surface area contributed by atoms with Crippen LogP contribution in [-0.2, 0) is 29.1 Å². The predicted octanol–water partition coefficient (Wildman–Crippen LogP) is 2.77. The molecule has 3 heterocycles. The van der Waals surface area contributed by atoms with E-state index in [1.807, 2.05) is 0 Å². The molecule has 0 fully saturated rings. The van der Waals surface area contributed by atoms with Crippen molar-refractivity contribution < 1.29 is 14.3 Å². The number of amides is 2. The Bertz CT molecular complexity index is 1600. The molecule has 184 valence electrons. The highest BCUT2D eigenvalue weighted by molar-refractivity contribution is 7.18. The number of hydrogen-bond acceptors (Lipinski definition) is 6. The number of benzene rings is 2. The predicted molar refractivity (Wildman–Crippen MR) is 138 cm³/mol. The molecule has 2 amide bonds. The van der Waals surface area contributed by atoms with Gasteiger partial charge in [0.25, 0.3) is 5.56 Å². The molecule has 2 aromatic carbocycles. The molecule has 0 bridgehead atoms. The van der Waals surface area contributed by atoms with Gasteiger partial charge in [-0.1, -0.05) is 30.3 Å². The summed E-state index contributed by atoms with van der Waals surface area (Å²) in [5, 5.41) is 3.22. The van der Waals surface area contributed by atoms with E-state index in [-0.39, 0.29) is 12.5 Å². The van der Waals surface area contributed by atoms with Crippen molar-refractivity contribution in [2.45, 2.75) is 26.4 Å². The smallest absolute Gasteiger partial charge is 0.337 e. The van der Waals surface area contributed by atoms with Crippen LogP contribution in [0.3, 0.4) is 0 Å². The average molecular weight is 505 g/mol. The van der Waals surface area contributed by atoms with Gasteiger partial charge in [-0.05, 0) is 36.2 Å². The van der Waals surface area contributed by atoms with E-state index in [2.05, 4.69) is 5.32 Å². The van der Waals surface area contributed by atoms with E-state index < -0.39 is 17.2 Å². The number of hydrogen-bond donors (Lipinski definition) is 1. The number of methoxy groups -OCH3 is 1. The maximum atomic E-state index is 13.7. The van der Waals surface area contributed by atoms with E-state index in [1.54, 1.807) is 59.5 Å². The summed E-state index contributed by atoms with van der Waals surface area (Å²) in [4.78, 5) is 55.4. The number of ether oxygens (including phenoxy) is 1. The summed E-state index contributed by atoms with van der Waals surface area (Å²) >= 11 is 1.29. The van der Waals surface area contributed by atoms with Crippen molar-refractivity contribution in [3.8, 4) is 11.4 Å². The Balaban J connectivity index is 1.66. The molecule has 4 aromatic rings. The van der Waals surface area contributed by atoms with Crippen LogP contribution in [-0.4, -0.2) is 39.5 Å². The number of anilines is 1. The van der Waals surface area contributed by atoms with Crippen LogP contribution in [0.25, 0.3) is 15.9 Å².